The Labute approximate surface area is 97.6 Å². The smallest absolute Gasteiger partial charge is 0.142 e. The lowest BCUT2D eigenvalue weighted by Crippen LogP contribution is -2.04. The van der Waals surface area contributed by atoms with E-state index in [1.165, 1.54) is 0 Å². The van der Waals surface area contributed by atoms with Crippen molar-refractivity contribution in [3.63, 3.8) is 0 Å². The summed E-state index contributed by atoms with van der Waals surface area (Å²) in [5.41, 5.74) is 7.37. The lowest BCUT2D eigenvalue weighted by atomic mass is 10.2. The van der Waals surface area contributed by atoms with E-state index in [1.54, 1.807) is 6.08 Å². The van der Waals surface area contributed by atoms with Crippen molar-refractivity contribution >= 4 is 34.8 Å². The molecule has 1 aromatic rings. The molecular weight excluding hydrogens is 293 g/mol. The van der Waals surface area contributed by atoms with Crippen LogP contribution in [0.2, 0.25) is 0 Å². The van der Waals surface area contributed by atoms with Crippen molar-refractivity contribution in [2.24, 2.45) is 0 Å². The molecular formula is C10H12INO2. The third-order valence-electron chi connectivity index (χ3n) is 1.69. The molecule has 14 heavy (non-hydrogen) atoms. The van der Waals surface area contributed by atoms with Crippen LogP contribution in [-0.4, -0.2) is 13.2 Å². The molecule has 0 unspecified atom stereocenters. The second-order valence-electron chi connectivity index (χ2n) is 2.66. The minimum atomic E-state index is 0.501. The molecule has 0 aromatic heterocycles. The molecule has 0 atom stereocenters. The Hall–Kier alpha value is -0.750. The van der Waals surface area contributed by atoms with Gasteiger partial charge in [0.1, 0.15) is 35.4 Å². The van der Waals surface area contributed by atoms with Crippen LogP contribution in [0.1, 0.15) is 5.56 Å². The lowest BCUT2D eigenvalue weighted by molar-refractivity contribution is 0.257. The van der Waals surface area contributed by atoms with E-state index in [9.17, 15) is 0 Å². The van der Waals surface area contributed by atoms with Gasteiger partial charge in [-0.2, -0.15) is 0 Å². The van der Waals surface area contributed by atoms with Gasteiger partial charge >= 0.3 is 0 Å². The molecule has 0 saturated carbocycles. The monoisotopic (exact) mass is 305 g/mol. The molecule has 76 valence electrons. The van der Waals surface area contributed by atoms with Gasteiger partial charge in [0.25, 0.3) is 0 Å². The van der Waals surface area contributed by atoms with Crippen molar-refractivity contribution in [2.75, 3.05) is 18.9 Å². The molecule has 2 N–H and O–H groups in total. The van der Waals surface area contributed by atoms with Gasteiger partial charge in [0, 0.05) is 0 Å². The van der Waals surface area contributed by atoms with Crippen molar-refractivity contribution < 1.29 is 7.80 Å². The van der Waals surface area contributed by atoms with Crippen molar-refractivity contribution in [1.82, 2.24) is 0 Å². The van der Waals surface area contributed by atoms with Gasteiger partial charge in [0.15, 0.2) is 0 Å². The molecule has 0 radical (unpaired) electrons. The van der Waals surface area contributed by atoms with Crippen molar-refractivity contribution in [3.8, 4) is 5.75 Å². The Kier molecular flexibility index (Phi) is 4.75. The molecule has 0 spiro atoms. The van der Waals surface area contributed by atoms with Crippen molar-refractivity contribution in [2.45, 2.75) is 0 Å². The lowest BCUT2D eigenvalue weighted by Gasteiger charge is -2.08. The molecule has 0 bridgehead atoms. The molecule has 4 heteroatoms. The van der Waals surface area contributed by atoms with Crippen LogP contribution in [0.5, 0.6) is 5.75 Å². The van der Waals surface area contributed by atoms with Gasteiger partial charge in [0.2, 0.25) is 0 Å². The Morgan fingerprint density at radius 2 is 2.21 bits per heavy atom. The van der Waals surface area contributed by atoms with Gasteiger partial charge in [-0.15, -0.1) is 0 Å². The zero-order valence-corrected chi connectivity index (χ0v) is 9.86. The predicted octanol–water partition coefficient (Wildman–Crippen LogP) is 2.66. The van der Waals surface area contributed by atoms with Crippen LogP contribution in [-0.2, 0) is 3.07 Å². The van der Waals surface area contributed by atoms with Gasteiger partial charge in [0.05, 0.1) is 12.3 Å². The van der Waals surface area contributed by atoms with E-state index in [0.717, 1.165) is 5.56 Å². The maximum atomic E-state index is 5.76. The summed E-state index contributed by atoms with van der Waals surface area (Å²) < 4.78 is 10.2. The second-order valence-corrected chi connectivity index (χ2v) is 3.29. The summed E-state index contributed by atoms with van der Waals surface area (Å²) in [6.07, 6.45) is 1.74. The topological polar surface area (TPSA) is 44.5 Å². The largest absolute Gasteiger partial charge is 0.489 e. The molecule has 0 fully saturated rings. The van der Waals surface area contributed by atoms with Gasteiger partial charge in [-0.1, -0.05) is 18.7 Å². The molecule has 0 aliphatic heterocycles. The number of hydrogen-bond donors (Lipinski definition) is 1. The first-order valence-corrected chi connectivity index (χ1v) is 5.04. The summed E-state index contributed by atoms with van der Waals surface area (Å²) in [6, 6.07) is 5.57. The van der Waals surface area contributed by atoms with E-state index in [1.807, 2.05) is 41.2 Å². The summed E-state index contributed by atoms with van der Waals surface area (Å²) in [7, 11) is 0. The van der Waals surface area contributed by atoms with Gasteiger partial charge in [-0.05, 0) is 17.7 Å². The summed E-state index contributed by atoms with van der Waals surface area (Å²) in [6.45, 7) is 4.71. The van der Waals surface area contributed by atoms with Crippen LogP contribution in [0.15, 0.2) is 24.8 Å². The van der Waals surface area contributed by atoms with Crippen LogP contribution in [0.4, 0.5) is 5.69 Å². The van der Waals surface area contributed by atoms with E-state index in [4.69, 9.17) is 13.5 Å². The molecule has 0 aliphatic carbocycles. The van der Waals surface area contributed by atoms with E-state index in [-0.39, 0.29) is 0 Å². The fraction of sp³-hybridized carbons (Fsp3) is 0.200. The van der Waals surface area contributed by atoms with Gasteiger partial charge < -0.3 is 13.5 Å². The molecule has 0 heterocycles. The molecule has 0 amide bonds. The highest BCUT2D eigenvalue weighted by atomic mass is 127. The van der Waals surface area contributed by atoms with Gasteiger partial charge in [-0.25, -0.2) is 0 Å². The number of benzene rings is 1. The van der Waals surface area contributed by atoms with E-state index in [0.29, 0.717) is 24.7 Å². The summed E-state index contributed by atoms with van der Waals surface area (Å²) >= 11 is 1.83. The summed E-state index contributed by atoms with van der Waals surface area (Å²) in [5.74, 6) is 0.684. The first kappa shape index (κ1) is 11.3. The molecule has 0 aliphatic rings. The van der Waals surface area contributed by atoms with E-state index in [2.05, 4.69) is 6.58 Å². The van der Waals surface area contributed by atoms with Crippen LogP contribution in [0.25, 0.3) is 6.08 Å². The maximum absolute atomic E-state index is 5.76. The minimum absolute atomic E-state index is 0.501. The first-order valence-electron chi connectivity index (χ1n) is 4.16. The summed E-state index contributed by atoms with van der Waals surface area (Å²) in [5, 5.41) is 0. The predicted molar refractivity (Wildman–Crippen MR) is 66.4 cm³/mol. The highest BCUT2D eigenvalue weighted by molar-refractivity contribution is 14.1. The third-order valence-corrected chi connectivity index (χ3v) is 2.13. The Morgan fingerprint density at radius 3 is 2.79 bits per heavy atom. The van der Waals surface area contributed by atoms with E-state index < -0.39 is 0 Å². The SMILES string of the molecule is C=Cc1ccc(OCCOI)c(N)c1. The maximum Gasteiger partial charge on any atom is 0.142 e. The molecule has 0 saturated heterocycles. The number of hydrogen-bond acceptors (Lipinski definition) is 3. The molecule has 1 rings (SSSR count). The number of ether oxygens (including phenoxy) is 1. The normalized spacial score (nSPS) is 9.79. The fourth-order valence-corrected chi connectivity index (χ4v) is 1.19. The van der Waals surface area contributed by atoms with Gasteiger partial charge in [-0.3, -0.25) is 0 Å². The average Bonchev–Trinajstić information content (AvgIpc) is 2.20. The number of anilines is 1. The summed E-state index contributed by atoms with van der Waals surface area (Å²) in [4.78, 5) is 0. The quantitative estimate of drug-likeness (QED) is 0.517. The second kappa shape index (κ2) is 5.87. The molecule has 3 nitrogen and oxygen atoms in total. The number of nitrogen functional groups attached to an aromatic ring is 1. The Morgan fingerprint density at radius 1 is 1.43 bits per heavy atom. The van der Waals surface area contributed by atoms with Crippen LogP contribution >= 0.6 is 23.0 Å². The highest BCUT2D eigenvalue weighted by Gasteiger charge is 1.99. The Balaban J connectivity index is 2.64. The minimum Gasteiger partial charge on any atom is -0.489 e. The van der Waals surface area contributed by atoms with Crippen LogP contribution < -0.4 is 10.5 Å². The number of nitrogens with two attached hydrogens (primary N) is 1. The average molecular weight is 305 g/mol. The Bertz CT molecular complexity index is 315. The zero-order chi connectivity index (χ0) is 10.4. The van der Waals surface area contributed by atoms with Crippen LogP contribution in [0.3, 0.4) is 0 Å². The fourth-order valence-electron chi connectivity index (χ4n) is 1.01. The standard InChI is InChI=1S/C10H12INO2/c1-2-8-3-4-10(9(12)7-8)13-5-6-14-11/h2-4,7H,1,5-6,12H2. The number of rotatable bonds is 5. The third kappa shape index (κ3) is 3.19. The van der Waals surface area contributed by atoms with Crippen molar-refractivity contribution in [1.29, 1.82) is 0 Å². The van der Waals surface area contributed by atoms with Crippen LogP contribution in [0, 0.1) is 0 Å². The first-order chi connectivity index (χ1) is 6.77. The molecule has 1 aromatic carbocycles. The number of halogens is 1. The zero-order valence-electron chi connectivity index (χ0n) is 7.70. The van der Waals surface area contributed by atoms with Crippen molar-refractivity contribution in [3.05, 3.63) is 30.3 Å². The highest BCUT2D eigenvalue weighted by Crippen LogP contribution is 2.22. The van der Waals surface area contributed by atoms with E-state index >= 15 is 0 Å².